The summed E-state index contributed by atoms with van der Waals surface area (Å²) in [6, 6.07) is 12.6. The Morgan fingerprint density at radius 2 is 1.75 bits per heavy atom. The maximum absolute atomic E-state index is 12.7. The molecule has 1 aliphatic heterocycles. The summed E-state index contributed by atoms with van der Waals surface area (Å²) < 4.78 is 46.7. The van der Waals surface area contributed by atoms with Crippen LogP contribution in [0.1, 0.15) is 15.9 Å². The topological polar surface area (TPSA) is 71.1 Å². The molecule has 0 radical (unpaired) electrons. The van der Waals surface area contributed by atoms with Crippen molar-refractivity contribution in [2.24, 2.45) is 0 Å². The normalized spacial score (nSPS) is 14.7. The van der Waals surface area contributed by atoms with Crippen molar-refractivity contribution in [2.75, 3.05) is 39.8 Å². The molecule has 172 valence electrons. The van der Waals surface area contributed by atoms with Crippen molar-refractivity contribution >= 4 is 11.8 Å². The van der Waals surface area contributed by atoms with Gasteiger partial charge in [0.25, 0.3) is 5.91 Å². The molecule has 0 atom stereocenters. The number of nitrogens with one attached hydrogen (secondary N) is 1. The quantitative estimate of drug-likeness (QED) is 0.701. The molecule has 0 saturated carbocycles. The summed E-state index contributed by atoms with van der Waals surface area (Å²) in [5.41, 5.74) is 0.766. The van der Waals surface area contributed by atoms with Crippen LogP contribution in [-0.4, -0.2) is 67.8 Å². The molecule has 0 aromatic heterocycles. The number of alkyl halides is 3. The van der Waals surface area contributed by atoms with Gasteiger partial charge in [-0.05, 0) is 24.3 Å². The van der Waals surface area contributed by atoms with Crippen molar-refractivity contribution < 1.29 is 32.2 Å². The summed E-state index contributed by atoms with van der Waals surface area (Å²) in [6.07, 6.45) is -4.80. The van der Waals surface area contributed by atoms with Gasteiger partial charge in [-0.15, -0.1) is 13.2 Å². The zero-order valence-electron chi connectivity index (χ0n) is 17.5. The van der Waals surface area contributed by atoms with Crippen LogP contribution in [0.15, 0.2) is 48.5 Å². The summed E-state index contributed by atoms with van der Waals surface area (Å²) >= 11 is 0. The van der Waals surface area contributed by atoms with Crippen LogP contribution in [0.4, 0.5) is 13.2 Å². The van der Waals surface area contributed by atoms with Crippen molar-refractivity contribution in [2.45, 2.75) is 12.9 Å². The number of nitrogens with zero attached hydrogens (tertiary/aromatic N) is 2. The Morgan fingerprint density at radius 1 is 1.03 bits per heavy atom. The lowest BCUT2D eigenvalue weighted by atomic mass is 10.1. The number of piperazine rings is 1. The van der Waals surface area contributed by atoms with Gasteiger partial charge in [0.1, 0.15) is 11.5 Å². The van der Waals surface area contributed by atoms with Gasteiger partial charge in [-0.25, -0.2) is 0 Å². The number of para-hydroxylation sites is 1. The average Bonchev–Trinajstić information content (AvgIpc) is 2.77. The van der Waals surface area contributed by atoms with Crippen LogP contribution in [0.5, 0.6) is 11.5 Å². The minimum Gasteiger partial charge on any atom is -0.497 e. The Bertz CT molecular complexity index is 944. The van der Waals surface area contributed by atoms with E-state index in [1.54, 1.807) is 35.2 Å². The van der Waals surface area contributed by atoms with E-state index in [1.165, 1.54) is 25.3 Å². The molecule has 10 heteroatoms. The molecule has 1 fully saturated rings. The van der Waals surface area contributed by atoms with Crippen LogP contribution < -0.4 is 14.8 Å². The van der Waals surface area contributed by atoms with Crippen LogP contribution in [-0.2, 0) is 11.3 Å². The third-order valence-corrected chi connectivity index (χ3v) is 5.02. The summed E-state index contributed by atoms with van der Waals surface area (Å²) in [5, 5.41) is 2.62. The Hall–Kier alpha value is -3.27. The molecule has 2 aromatic rings. The number of amides is 2. The maximum Gasteiger partial charge on any atom is 0.573 e. The fraction of sp³-hybridized carbons (Fsp3) is 0.364. The van der Waals surface area contributed by atoms with Gasteiger partial charge >= 0.3 is 6.36 Å². The van der Waals surface area contributed by atoms with Gasteiger partial charge < -0.3 is 19.7 Å². The van der Waals surface area contributed by atoms with E-state index < -0.39 is 6.36 Å². The van der Waals surface area contributed by atoms with Crippen LogP contribution >= 0.6 is 0 Å². The zero-order valence-corrected chi connectivity index (χ0v) is 17.5. The van der Waals surface area contributed by atoms with E-state index in [9.17, 15) is 22.8 Å². The van der Waals surface area contributed by atoms with E-state index in [-0.39, 0.29) is 36.2 Å². The number of rotatable bonds is 7. The number of carbonyl (C=O) groups is 2. The lowest BCUT2D eigenvalue weighted by molar-refractivity contribution is -0.274. The molecule has 1 saturated heterocycles. The van der Waals surface area contributed by atoms with Gasteiger partial charge in [0, 0.05) is 43.9 Å². The second-order valence-electron chi connectivity index (χ2n) is 7.23. The lowest BCUT2D eigenvalue weighted by Gasteiger charge is -2.34. The highest BCUT2D eigenvalue weighted by molar-refractivity contribution is 5.94. The molecule has 3 rings (SSSR count). The second kappa shape index (κ2) is 10.4. The molecule has 0 aliphatic carbocycles. The van der Waals surface area contributed by atoms with Crippen LogP contribution in [0, 0.1) is 0 Å². The summed E-state index contributed by atoms with van der Waals surface area (Å²) in [5.74, 6) is -0.160. The lowest BCUT2D eigenvalue weighted by Crippen LogP contribution is -2.51. The Balaban J connectivity index is 1.46. The fourth-order valence-electron chi connectivity index (χ4n) is 3.37. The summed E-state index contributed by atoms with van der Waals surface area (Å²) in [7, 11) is 1.54. The van der Waals surface area contributed by atoms with Crippen LogP contribution in [0.2, 0.25) is 0 Å². The molecule has 0 bridgehead atoms. The van der Waals surface area contributed by atoms with Gasteiger partial charge in [0.2, 0.25) is 5.91 Å². The van der Waals surface area contributed by atoms with Gasteiger partial charge in [-0.3, -0.25) is 14.5 Å². The van der Waals surface area contributed by atoms with Crippen molar-refractivity contribution in [3.8, 4) is 11.5 Å². The monoisotopic (exact) mass is 451 g/mol. The minimum atomic E-state index is -4.80. The molecule has 32 heavy (non-hydrogen) atoms. The van der Waals surface area contributed by atoms with Crippen molar-refractivity contribution in [3.63, 3.8) is 0 Å². The summed E-state index contributed by atoms with van der Waals surface area (Å²) in [6.45, 7) is 1.95. The molecular formula is C22H24F3N3O4. The summed E-state index contributed by atoms with van der Waals surface area (Å²) in [4.78, 5) is 28.6. The number of benzene rings is 2. The molecular weight excluding hydrogens is 427 g/mol. The minimum absolute atomic E-state index is 0.0840. The number of ether oxygens (including phenoxy) is 2. The van der Waals surface area contributed by atoms with Crippen molar-refractivity contribution in [1.29, 1.82) is 0 Å². The average molecular weight is 451 g/mol. The first-order valence-electron chi connectivity index (χ1n) is 10.0. The third-order valence-electron chi connectivity index (χ3n) is 5.02. The molecule has 2 aromatic carbocycles. The van der Waals surface area contributed by atoms with Crippen molar-refractivity contribution in [1.82, 2.24) is 15.1 Å². The largest absolute Gasteiger partial charge is 0.573 e. The first kappa shape index (κ1) is 23.4. The Morgan fingerprint density at radius 3 is 2.44 bits per heavy atom. The van der Waals surface area contributed by atoms with Gasteiger partial charge in [-0.1, -0.05) is 24.3 Å². The van der Waals surface area contributed by atoms with E-state index in [1.807, 2.05) is 4.90 Å². The van der Waals surface area contributed by atoms with Crippen molar-refractivity contribution in [3.05, 3.63) is 59.7 Å². The number of carbonyl (C=O) groups excluding carboxylic acids is 2. The van der Waals surface area contributed by atoms with E-state index in [2.05, 4.69) is 10.1 Å². The number of hydrogen-bond donors (Lipinski definition) is 1. The zero-order chi connectivity index (χ0) is 23.1. The Labute approximate surface area is 183 Å². The number of hydrogen-bond acceptors (Lipinski definition) is 5. The van der Waals surface area contributed by atoms with Crippen LogP contribution in [0.25, 0.3) is 0 Å². The van der Waals surface area contributed by atoms with E-state index in [0.717, 1.165) is 0 Å². The number of halogens is 3. The third kappa shape index (κ3) is 6.61. The van der Waals surface area contributed by atoms with E-state index in [0.29, 0.717) is 37.5 Å². The van der Waals surface area contributed by atoms with Gasteiger partial charge in [0.15, 0.2) is 0 Å². The molecule has 2 amide bonds. The fourth-order valence-corrected chi connectivity index (χ4v) is 3.37. The second-order valence-corrected chi connectivity index (χ2v) is 7.23. The number of methoxy groups -OCH3 is 1. The molecule has 7 nitrogen and oxygen atoms in total. The first-order chi connectivity index (χ1) is 15.2. The highest BCUT2D eigenvalue weighted by atomic mass is 19.4. The SMILES string of the molecule is COc1cccc(C(=O)N2CCN(CC(=O)NCc3ccccc3OC(F)(F)F)CC2)c1. The van der Waals surface area contributed by atoms with Gasteiger partial charge in [0.05, 0.1) is 13.7 Å². The molecule has 0 spiro atoms. The predicted molar refractivity (Wildman–Crippen MR) is 110 cm³/mol. The Kier molecular flexibility index (Phi) is 7.57. The van der Waals surface area contributed by atoms with Gasteiger partial charge in [-0.2, -0.15) is 0 Å². The molecule has 1 aliphatic rings. The van der Waals surface area contributed by atoms with E-state index >= 15 is 0 Å². The van der Waals surface area contributed by atoms with Crippen LogP contribution in [0.3, 0.4) is 0 Å². The predicted octanol–water partition coefficient (Wildman–Crippen LogP) is 2.67. The highest BCUT2D eigenvalue weighted by Crippen LogP contribution is 2.26. The maximum atomic E-state index is 12.7. The highest BCUT2D eigenvalue weighted by Gasteiger charge is 2.32. The molecule has 0 unspecified atom stereocenters. The molecule has 1 N–H and O–H groups in total. The standard InChI is InChI=1S/C22H24F3N3O4/c1-31-18-7-4-6-16(13-18)21(30)28-11-9-27(10-12-28)15-20(29)26-14-17-5-2-3-8-19(17)32-22(23,24)25/h2-8,13H,9-12,14-15H2,1H3,(H,26,29). The first-order valence-corrected chi connectivity index (χ1v) is 10.0. The molecule has 1 heterocycles. The smallest absolute Gasteiger partial charge is 0.497 e. The van der Waals surface area contributed by atoms with E-state index in [4.69, 9.17) is 4.74 Å².